The molecular weight excluding hydrogens is 306 g/mol. The Kier molecular flexibility index (Phi) is 5.27. The van der Waals surface area contributed by atoms with Gasteiger partial charge in [-0.1, -0.05) is 30.3 Å². The molecule has 1 aliphatic rings. The van der Waals surface area contributed by atoms with E-state index < -0.39 is 6.10 Å². The zero-order valence-corrected chi connectivity index (χ0v) is 13.9. The van der Waals surface area contributed by atoms with E-state index in [0.29, 0.717) is 45.0 Å². The first kappa shape index (κ1) is 16.7. The van der Waals surface area contributed by atoms with Crippen LogP contribution in [0.4, 0.5) is 0 Å². The van der Waals surface area contributed by atoms with Crippen LogP contribution in [0.5, 0.6) is 0 Å². The normalized spacial score (nSPS) is 19.2. The van der Waals surface area contributed by atoms with Crippen LogP contribution in [0.25, 0.3) is 0 Å². The molecule has 1 aromatic heterocycles. The minimum atomic E-state index is -0.555. The number of aliphatic hydroxyl groups is 1. The van der Waals surface area contributed by atoms with Crippen molar-refractivity contribution in [2.24, 2.45) is 0 Å². The summed E-state index contributed by atoms with van der Waals surface area (Å²) >= 11 is 0. The van der Waals surface area contributed by atoms with Crippen molar-refractivity contribution < 1.29 is 14.3 Å². The van der Waals surface area contributed by atoms with Crippen LogP contribution in [0.1, 0.15) is 17.1 Å². The molecule has 1 aliphatic heterocycles. The molecule has 2 aromatic rings. The van der Waals surface area contributed by atoms with Gasteiger partial charge in [0, 0.05) is 39.6 Å². The van der Waals surface area contributed by atoms with E-state index in [2.05, 4.69) is 9.88 Å². The highest BCUT2D eigenvalue weighted by Gasteiger charge is 2.24. The number of carbonyl (C=O) groups is 1. The minimum Gasteiger partial charge on any atom is -0.449 e. The first-order valence-electron chi connectivity index (χ1n) is 8.23. The highest BCUT2D eigenvalue weighted by Crippen LogP contribution is 2.11. The van der Waals surface area contributed by atoms with Gasteiger partial charge in [0.05, 0.1) is 18.2 Å². The largest absolute Gasteiger partial charge is 0.449 e. The number of amides is 1. The smallest absolute Gasteiger partial charge is 0.227 e. The molecule has 2 heterocycles. The fraction of sp³-hybridized carbons (Fsp3) is 0.444. The summed E-state index contributed by atoms with van der Waals surface area (Å²) < 4.78 is 5.23. The van der Waals surface area contributed by atoms with Crippen LogP contribution in [0.3, 0.4) is 0 Å². The van der Waals surface area contributed by atoms with Crippen LogP contribution in [0, 0.1) is 6.92 Å². The summed E-state index contributed by atoms with van der Waals surface area (Å²) in [5.41, 5.74) is 1.85. The van der Waals surface area contributed by atoms with Gasteiger partial charge in [-0.25, -0.2) is 4.98 Å². The van der Waals surface area contributed by atoms with Crippen LogP contribution < -0.4 is 0 Å². The van der Waals surface area contributed by atoms with E-state index in [9.17, 15) is 9.90 Å². The number of benzene rings is 1. The van der Waals surface area contributed by atoms with E-state index in [1.165, 1.54) is 0 Å². The third-order valence-electron chi connectivity index (χ3n) is 4.19. The molecule has 6 nitrogen and oxygen atoms in total. The van der Waals surface area contributed by atoms with E-state index in [-0.39, 0.29) is 5.91 Å². The zero-order chi connectivity index (χ0) is 16.9. The molecule has 1 atom stereocenters. The number of hydrogen-bond donors (Lipinski definition) is 1. The topological polar surface area (TPSA) is 69.8 Å². The molecular formula is C18H23N3O3. The lowest BCUT2D eigenvalue weighted by molar-refractivity contribution is -0.131. The number of oxazole rings is 1. The molecule has 1 fully saturated rings. The summed E-state index contributed by atoms with van der Waals surface area (Å²) in [5, 5.41) is 10.2. The summed E-state index contributed by atoms with van der Waals surface area (Å²) in [7, 11) is 0. The summed E-state index contributed by atoms with van der Waals surface area (Å²) in [6.07, 6.45) is 1.46. The highest BCUT2D eigenvalue weighted by atomic mass is 16.3. The molecule has 128 valence electrons. The van der Waals surface area contributed by atoms with Gasteiger partial charge in [-0.3, -0.25) is 9.69 Å². The van der Waals surface area contributed by atoms with Crippen molar-refractivity contribution >= 4 is 5.91 Å². The van der Waals surface area contributed by atoms with E-state index in [4.69, 9.17) is 4.42 Å². The molecule has 3 rings (SSSR count). The van der Waals surface area contributed by atoms with Crippen LogP contribution in [-0.2, 0) is 17.8 Å². The van der Waals surface area contributed by atoms with E-state index in [0.717, 1.165) is 11.3 Å². The molecule has 24 heavy (non-hydrogen) atoms. The predicted molar refractivity (Wildman–Crippen MR) is 89.2 cm³/mol. The zero-order valence-electron chi connectivity index (χ0n) is 13.9. The maximum Gasteiger partial charge on any atom is 0.227 e. The van der Waals surface area contributed by atoms with Gasteiger partial charge in [0.15, 0.2) is 5.89 Å². The molecule has 6 heteroatoms. The second-order valence-electron chi connectivity index (χ2n) is 6.25. The van der Waals surface area contributed by atoms with Crippen molar-refractivity contribution in [3.05, 3.63) is 53.7 Å². The van der Waals surface area contributed by atoms with Crippen LogP contribution in [0.2, 0.25) is 0 Å². The van der Waals surface area contributed by atoms with E-state index >= 15 is 0 Å². The van der Waals surface area contributed by atoms with Gasteiger partial charge in [0.1, 0.15) is 6.26 Å². The number of rotatable bonds is 4. The monoisotopic (exact) mass is 329 g/mol. The van der Waals surface area contributed by atoms with Crippen molar-refractivity contribution in [1.29, 1.82) is 0 Å². The van der Waals surface area contributed by atoms with Gasteiger partial charge in [0.2, 0.25) is 5.91 Å². The fourth-order valence-corrected chi connectivity index (χ4v) is 3.02. The molecule has 1 aromatic carbocycles. The van der Waals surface area contributed by atoms with Crippen molar-refractivity contribution in [2.45, 2.75) is 26.0 Å². The molecule has 1 amide bonds. The van der Waals surface area contributed by atoms with Crippen molar-refractivity contribution in [2.75, 3.05) is 26.2 Å². The Morgan fingerprint density at radius 1 is 1.29 bits per heavy atom. The van der Waals surface area contributed by atoms with Crippen LogP contribution >= 0.6 is 0 Å². The number of nitrogens with zero attached hydrogens (tertiary/aromatic N) is 3. The van der Waals surface area contributed by atoms with Gasteiger partial charge >= 0.3 is 0 Å². The van der Waals surface area contributed by atoms with Gasteiger partial charge in [-0.15, -0.1) is 0 Å². The SMILES string of the molecule is Cc1nc(CN2CCN(C(=O)Cc3ccccc3)CC(O)C2)co1. The average molecular weight is 329 g/mol. The van der Waals surface area contributed by atoms with Gasteiger partial charge in [0.25, 0.3) is 0 Å². The number of aromatic nitrogens is 1. The molecule has 0 aliphatic carbocycles. The van der Waals surface area contributed by atoms with Gasteiger partial charge in [-0.05, 0) is 5.56 Å². The number of carbonyl (C=O) groups excluding carboxylic acids is 1. The van der Waals surface area contributed by atoms with Crippen LogP contribution in [-0.4, -0.2) is 58.1 Å². The Labute approximate surface area is 141 Å². The Hall–Kier alpha value is -2.18. The molecule has 0 radical (unpaired) electrons. The predicted octanol–water partition coefficient (Wildman–Crippen LogP) is 1.23. The Bertz CT molecular complexity index is 671. The molecule has 1 unspecified atom stereocenters. The number of aliphatic hydroxyl groups excluding tert-OH is 1. The van der Waals surface area contributed by atoms with Crippen molar-refractivity contribution in [3.8, 4) is 0 Å². The average Bonchev–Trinajstić information content (AvgIpc) is 2.86. The fourth-order valence-electron chi connectivity index (χ4n) is 3.02. The standard InChI is InChI=1S/C18H23N3O3/c1-14-19-16(13-24-14)10-20-7-8-21(12-17(22)11-20)18(23)9-15-5-3-2-4-6-15/h2-6,13,17,22H,7-12H2,1H3. The molecule has 0 saturated carbocycles. The summed E-state index contributed by atoms with van der Waals surface area (Å²) in [6.45, 7) is 4.66. The lowest BCUT2D eigenvalue weighted by Crippen LogP contribution is -2.38. The summed E-state index contributed by atoms with van der Waals surface area (Å²) in [5.74, 6) is 0.694. The first-order valence-corrected chi connectivity index (χ1v) is 8.23. The maximum absolute atomic E-state index is 12.5. The number of β-amino-alcohol motifs (C(OH)–C–C–N with tert-alkyl or cyclic N) is 1. The quantitative estimate of drug-likeness (QED) is 0.914. The molecule has 1 N–H and O–H groups in total. The summed E-state index contributed by atoms with van der Waals surface area (Å²) in [4.78, 5) is 20.7. The lowest BCUT2D eigenvalue weighted by Gasteiger charge is -2.21. The van der Waals surface area contributed by atoms with Gasteiger partial charge < -0.3 is 14.4 Å². The highest BCUT2D eigenvalue weighted by molar-refractivity contribution is 5.78. The van der Waals surface area contributed by atoms with E-state index in [1.807, 2.05) is 37.3 Å². The third-order valence-corrected chi connectivity index (χ3v) is 4.19. The van der Waals surface area contributed by atoms with Crippen molar-refractivity contribution in [3.63, 3.8) is 0 Å². The molecule has 0 bridgehead atoms. The van der Waals surface area contributed by atoms with Crippen molar-refractivity contribution in [1.82, 2.24) is 14.8 Å². The summed E-state index contributed by atoms with van der Waals surface area (Å²) in [6, 6.07) is 9.70. The van der Waals surface area contributed by atoms with E-state index in [1.54, 1.807) is 11.2 Å². The number of hydrogen-bond acceptors (Lipinski definition) is 5. The third kappa shape index (κ3) is 4.43. The lowest BCUT2D eigenvalue weighted by atomic mass is 10.1. The minimum absolute atomic E-state index is 0.0550. The number of aryl methyl sites for hydroxylation is 1. The molecule has 0 spiro atoms. The Balaban J connectivity index is 1.58. The molecule has 1 saturated heterocycles. The van der Waals surface area contributed by atoms with Crippen LogP contribution in [0.15, 0.2) is 41.0 Å². The maximum atomic E-state index is 12.5. The second kappa shape index (κ2) is 7.59. The van der Waals surface area contributed by atoms with Gasteiger partial charge in [-0.2, -0.15) is 0 Å². The Morgan fingerprint density at radius 2 is 2.08 bits per heavy atom. The second-order valence-corrected chi connectivity index (χ2v) is 6.25. The Morgan fingerprint density at radius 3 is 2.79 bits per heavy atom. The first-order chi connectivity index (χ1) is 11.6.